The molecule has 42 heavy (non-hydrogen) atoms. The van der Waals surface area contributed by atoms with Gasteiger partial charge in [-0.1, -0.05) is 17.7 Å². The first-order chi connectivity index (χ1) is 20.2. The Morgan fingerprint density at radius 2 is 2.00 bits per heavy atom. The molecule has 6 rings (SSSR count). The highest BCUT2D eigenvalue weighted by molar-refractivity contribution is 6.30. The Morgan fingerprint density at radius 3 is 2.71 bits per heavy atom. The van der Waals surface area contributed by atoms with Crippen molar-refractivity contribution in [3.8, 4) is 17.1 Å². The van der Waals surface area contributed by atoms with Crippen molar-refractivity contribution in [3.63, 3.8) is 0 Å². The molecule has 1 amide bonds. The largest absolute Gasteiger partial charge is 0.477 e. The maximum Gasteiger partial charge on any atom is 0.418 e. The summed E-state index contributed by atoms with van der Waals surface area (Å²) in [6.45, 7) is 4.89. The van der Waals surface area contributed by atoms with Crippen LogP contribution in [0.3, 0.4) is 0 Å². The number of ether oxygens (including phenoxy) is 1. The van der Waals surface area contributed by atoms with Gasteiger partial charge in [-0.25, -0.2) is 4.98 Å². The number of piperidine rings is 1. The van der Waals surface area contributed by atoms with E-state index < -0.39 is 17.2 Å². The Balaban J connectivity index is 1.35. The molecule has 2 saturated heterocycles. The quantitative estimate of drug-likeness (QED) is 0.397. The van der Waals surface area contributed by atoms with Crippen LogP contribution in [-0.2, 0) is 22.9 Å². The van der Waals surface area contributed by atoms with Gasteiger partial charge < -0.3 is 19.9 Å². The second-order valence-electron chi connectivity index (χ2n) is 11.2. The van der Waals surface area contributed by atoms with Gasteiger partial charge in [-0.05, 0) is 81.1 Å². The van der Waals surface area contributed by atoms with Crippen molar-refractivity contribution in [3.05, 3.63) is 70.5 Å². The van der Waals surface area contributed by atoms with Crippen LogP contribution in [0.5, 0.6) is 5.88 Å². The zero-order valence-electron chi connectivity index (χ0n) is 23.4. The maximum atomic E-state index is 13.9. The van der Waals surface area contributed by atoms with E-state index in [9.17, 15) is 18.0 Å². The normalized spacial score (nSPS) is 20.1. The summed E-state index contributed by atoms with van der Waals surface area (Å²) < 4.78 is 47.5. The monoisotopic (exact) mass is 599 g/mol. The number of nitrogens with one attached hydrogen (secondary N) is 1. The summed E-state index contributed by atoms with van der Waals surface area (Å²) in [4.78, 5) is 26.8. The first-order valence-corrected chi connectivity index (χ1v) is 14.8. The molecule has 2 aromatic heterocycles. The summed E-state index contributed by atoms with van der Waals surface area (Å²) in [7, 11) is 0. The highest BCUT2D eigenvalue weighted by Crippen LogP contribution is 2.45. The van der Waals surface area contributed by atoms with Crippen molar-refractivity contribution in [2.24, 2.45) is 0 Å². The van der Waals surface area contributed by atoms with Gasteiger partial charge in [0.05, 0.1) is 41.7 Å². The van der Waals surface area contributed by atoms with Gasteiger partial charge in [-0.2, -0.15) is 13.2 Å². The number of nitrogens with zero attached hydrogens (tertiary/aromatic N) is 4. The molecule has 11 heteroatoms. The molecule has 222 valence electrons. The Kier molecular flexibility index (Phi) is 7.78. The molecule has 0 radical (unpaired) electrons. The zero-order valence-corrected chi connectivity index (χ0v) is 24.1. The molecule has 1 atom stereocenters. The topological polar surface area (TPSA) is 70.6 Å². The Bertz CT molecular complexity index is 1470. The lowest BCUT2D eigenvalue weighted by molar-refractivity contribution is -0.137. The van der Waals surface area contributed by atoms with Gasteiger partial charge in [0, 0.05) is 42.0 Å². The molecule has 0 aliphatic carbocycles. The number of benzene rings is 1. The van der Waals surface area contributed by atoms with Crippen molar-refractivity contribution in [1.29, 1.82) is 0 Å². The third kappa shape index (κ3) is 5.42. The van der Waals surface area contributed by atoms with Gasteiger partial charge in [0.2, 0.25) is 11.8 Å². The van der Waals surface area contributed by atoms with Crippen LogP contribution >= 0.6 is 11.6 Å². The number of halogens is 4. The van der Waals surface area contributed by atoms with Crippen molar-refractivity contribution in [2.75, 3.05) is 37.7 Å². The molecule has 1 N–H and O–H groups in total. The molecule has 2 fully saturated rings. The van der Waals surface area contributed by atoms with Crippen LogP contribution < -0.4 is 15.0 Å². The van der Waals surface area contributed by atoms with Gasteiger partial charge in [-0.15, -0.1) is 0 Å². The van der Waals surface area contributed by atoms with Crippen LogP contribution in [0.2, 0.25) is 5.02 Å². The summed E-state index contributed by atoms with van der Waals surface area (Å²) >= 11 is 5.94. The minimum absolute atomic E-state index is 0.0541. The number of anilines is 1. The molecule has 7 nitrogen and oxygen atoms in total. The molecule has 3 aromatic rings. The van der Waals surface area contributed by atoms with E-state index in [1.165, 1.54) is 12.1 Å². The van der Waals surface area contributed by atoms with Gasteiger partial charge in [-0.3, -0.25) is 9.78 Å². The molecule has 0 saturated carbocycles. The van der Waals surface area contributed by atoms with E-state index in [1.54, 1.807) is 11.1 Å². The van der Waals surface area contributed by atoms with E-state index in [4.69, 9.17) is 21.3 Å². The van der Waals surface area contributed by atoms with Gasteiger partial charge >= 0.3 is 6.18 Å². The number of carbonyl (C=O) groups is 1. The molecule has 0 bridgehead atoms. The Morgan fingerprint density at radius 1 is 1.19 bits per heavy atom. The van der Waals surface area contributed by atoms with Gasteiger partial charge in [0.25, 0.3) is 0 Å². The predicted molar refractivity (Wildman–Crippen MR) is 155 cm³/mol. The lowest BCUT2D eigenvalue weighted by Crippen LogP contribution is -2.56. The van der Waals surface area contributed by atoms with Crippen LogP contribution in [0.4, 0.5) is 18.9 Å². The number of fused-ring (bicyclic) bond motifs is 2. The van der Waals surface area contributed by atoms with E-state index in [0.29, 0.717) is 57.2 Å². The summed E-state index contributed by atoms with van der Waals surface area (Å²) in [5.41, 5.74) is 2.33. The zero-order chi connectivity index (χ0) is 29.5. The minimum Gasteiger partial charge on any atom is -0.477 e. The van der Waals surface area contributed by atoms with Crippen molar-refractivity contribution < 1.29 is 22.7 Å². The highest BCUT2D eigenvalue weighted by atomic mass is 35.5. The number of aromatic nitrogens is 2. The average molecular weight is 600 g/mol. The number of hydrogen-bond donors (Lipinski definition) is 1. The Hall–Kier alpha value is -3.37. The van der Waals surface area contributed by atoms with Crippen LogP contribution in [0.25, 0.3) is 11.3 Å². The van der Waals surface area contributed by atoms with Crippen molar-refractivity contribution >= 4 is 23.2 Å². The molecule has 3 aliphatic heterocycles. The fraction of sp³-hybridized carbons (Fsp3) is 0.452. The summed E-state index contributed by atoms with van der Waals surface area (Å²) in [5, 5.41) is 3.37. The Labute approximate surface area is 248 Å². The SMILES string of the molecule is CCOc1ncccc1-c1ccc2c(n1)CN(C(=O)[C@@H]1CCCN1)CC21CCN(c2ccc(Cl)cc2C(F)(F)F)CC1. The first-order valence-electron chi connectivity index (χ1n) is 14.4. The molecule has 1 aromatic carbocycles. The van der Waals surface area contributed by atoms with Crippen molar-refractivity contribution in [2.45, 2.75) is 56.8 Å². The standard InChI is InChI=1S/C31H33ClF3N5O2/c1-2-42-28-21(5-3-14-37-28)24-9-8-22-26(38-24)18-40(29(41)25-6-4-13-36-25)19-30(22)11-15-39(16-12-30)27-10-7-20(32)17-23(27)31(33,34)35/h3,5,7-10,14,17,25,36H,2,4,6,11-13,15-16,18-19H2,1H3/t25-/m0/s1. The molecular formula is C31H33ClF3N5O2. The molecular weight excluding hydrogens is 567 g/mol. The van der Waals surface area contributed by atoms with E-state index in [1.807, 2.05) is 30.0 Å². The number of hydrogen-bond acceptors (Lipinski definition) is 6. The van der Waals surface area contributed by atoms with Crippen LogP contribution in [-0.4, -0.2) is 59.6 Å². The number of alkyl halides is 3. The summed E-state index contributed by atoms with van der Waals surface area (Å²) in [6.07, 6.45) is 0.0699. The second kappa shape index (κ2) is 11.4. The third-order valence-corrected chi connectivity index (χ3v) is 8.94. The molecule has 0 unspecified atom stereocenters. The minimum atomic E-state index is -4.52. The number of carbonyl (C=O) groups excluding carboxylic acids is 1. The van der Waals surface area contributed by atoms with E-state index in [-0.39, 0.29) is 22.7 Å². The van der Waals surface area contributed by atoms with Crippen LogP contribution in [0, 0.1) is 0 Å². The van der Waals surface area contributed by atoms with Crippen LogP contribution in [0.15, 0.2) is 48.7 Å². The summed E-state index contributed by atoms with van der Waals surface area (Å²) in [5.74, 6) is 0.554. The third-order valence-electron chi connectivity index (χ3n) is 8.70. The predicted octanol–water partition coefficient (Wildman–Crippen LogP) is 5.85. The fourth-order valence-electron chi connectivity index (χ4n) is 6.67. The summed E-state index contributed by atoms with van der Waals surface area (Å²) in [6, 6.07) is 11.5. The average Bonchev–Trinajstić information content (AvgIpc) is 3.52. The number of rotatable bonds is 5. The second-order valence-corrected chi connectivity index (χ2v) is 11.7. The van der Waals surface area contributed by atoms with E-state index >= 15 is 0 Å². The van der Waals surface area contributed by atoms with Crippen LogP contribution in [0.1, 0.15) is 49.4 Å². The van der Waals surface area contributed by atoms with Gasteiger partial charge in [0.1, 0.15) is 0 Å². The smallest absolute Gasteiger partial charge is 0.418 e. The fourth-order valence-corrected chi connectivity index (χ4v) is 6.84. The number of amides is 1. The number of pyridine rings is 2. The van der Waals surface area contributed by atoms with Crippen molar-refractivity contribution in [1.82, 2.24) is 20.2 Å². The van der Waals surface area contributed by atoms with E-state index in [2.05, 4.69) is 16.4 Å². The highest BCUT2D eigenvalue weighted by Gasteiger charge is 2.46. The first kappa shape index (κ1) is 28.7. The van der Waals surface area contributed by atoms with Gasteiger partial charge in [0.15, 0.2) is 0 Å². The lowest BCUT2D eigenvalue weighted by atomic mass is 9.69. The maximum absolute atomic E-state index is 13.9. The molecule has 1 spiro atoms. The molecule has 3 aliphatic rings. The lowest BCUT2D eigenvalue weighted by Gasteiger charge is -2.49. The molecule has 5 heterocycles. The van der Waals surface area contributed by atoms with E-state index in [0.717, 1.165) is 42.3 Å².